The van der Waals surface area contributed by atoms with Crippen molar-refractivity contribution in [3.8, 4) is 6.07 Å². The van der Waals surface area contributed by atoms with Gasteiger partial charge in [-0.25, -0.2) is 13.2 Å². The molecule has 0 bridgehead atoms. The van der Waals surface area contributed by atoms with Gasteiger partial charge in [0.1, 0.15) is 0 Å². The second-order valence-corrected chi connectivity index (χ2v) is 7.20. The number of carbonyl (C=O) groups is 1. The topological polar surface area (TPSA) is 98.5 Å². The Balaban J connectivity index is 3.23. The molecule has 0 aromatic heterocycles. The van der Waals surface area contributed by atoms with E-state index in [4.69, 9.17) is 10.4 Å². The summed E-state index contributed by atoms with van der Waals surface area (Å²) in [7, 11) is -3.79. The van der Waals surface area contributed by atoms with E-state index in [0.29, 0.717) is 0 Å². The van der Waals surface area contributed by atoms with E-state index in [0.717, 1.165) is 0 Å². The highest BCUT2D eigenvalue weighted by Gasteiger charge is 2.27. The minimum Gasteiger partial charge on any atom is -0.478 e. The van der Waals surface area contributed by atoms with E-state index < -0.39 is 21.9 Å². The summed E-state index contributed by atoms with van der Waals surface area (Å²) in [5, 5.41) is 17.7. The SMILES string of the molecule is CCN(CC(C)C#N)S(=O)(=O)c1ccc(C(=O)O)cc1Br. The van der Waals surface area contributed by atoms with E-state index in [1.54, 1.807) is 13.8 Å². The molecule has 0 aliphatic carbocycles. The van der Waals surface area contributed by atoms with E-state index >= 15 is 0 Å². The Labute approximate surface area is 132 Å². The van der Waals surface area contributed by atoms with E-state index in [9.17, 15) is 13.2 Å². The van der Waals surface area contributed by atoms with Crippen LogP contribution in [0.2, 0.25) is 0 Å². The summed E-state index contributed by atoms with van der Waals surface area (Å²) in [5.41, 5.74) is -0.00531. The average Bonchev–Trinajstić information content (AvgIpc) is 2.43. The molecule has 6 nitrogen and oxygen atoms in total. The van der Waals surface area contributed by atoms with Gasteiger partial charge in [-0.2, -0.15) is 9.57 Å². The van der Waals surface area contributed by atoms with Crippen LogP contribution in [0.1, 0.15) is 24.2 Å². The molecule has 21 heavy (non-hydrogen) atoms. The summed E-state index contributed by atoms with van der Waals surface area (Å²) < 4.78 is 26.5. The van der Waals surface area contributed by atoms with Gasteiger partial charge in [0.05, 0.1) is 22.4 Å². The standard InChI is InChI=1S/C13H15BrN2O4S/c1-3-16(8-9(2)7-15)21(19,20)12-5-4-10(13(17)18)6-11(12)14/h4-6,9H,3,8H2,1-2H3,(H,17,18). The highest BCUT2D eigenvalue weighted by atomic mass is 79.9. The van der Waals surface area contributed by atoms with Gasteiger partial charge in [0.15, 0.2) is 0 Å². The van der Waals surface area contributed by atoms with Gasteiger partial charge >= 0.3 is 5.97 Å². The lowest BCUT2D eigenvalue weighted by molar-refractivity contribution is 0.0696. The zero-order valence-corrected chi connectivity index (χ0v) is 14.0. The monoisotopic (exact) mass is 374 g/mol. The molecular weight excluding hydrogens is 360 g/mol. The Morgan fingerprint density at radius 2 is 2.14 bits per heavy atom. The highest BCUT2D eigenvalue weighted by molar-refractivity contribution is 9.10. The first-order chi connectivity index (χ1) is 9.73. The van der Waals surface area contributed by atoms with Crippen LogP contribution >= 0.6 is 15.9 Å². The van der Waals surface area contributed by atoms with Crippen molar-refractivity contribution in [2.45, 2.75) is 18.7 Å². The third-order valence-corrected chi connectivity index (χ3v) is 5.76. The molecule has 0 amide bonds. The van der Waals surface area contributed by atoms with Crippen LogP contribution in [0, 0.1) is 17.2 Å². The van der Waals surface area contributed by atoms with Gasteiger partial charge in [-0.15, -0.1) is 0 Å². The lowest BCUT2D eigenvalue weighted by Crippen LogP contribution is -2.34. The molecule has 1 unspecified atom stereocenters. The van der Waals surface area contributed by atoms with Crippen molar-refractivity contribution in [3.63, 3.8) is 0 Å². The maximum absolute atomic E-state index is 12.6. The van der Waals surface area contributed by atoms with Gasteiger partial charge in [-0.1, -0.05) is 6.92 Å². The number of benzene rings is 1. The lowest BCUT2D eigenvalue weighted by Gasteiger charge is -2.22. The van der Waals surface area contributed by atoms with Gasteiger partial charge in [0, 0.05) is 17.6 Å². The Morgan fingerprint density at radius 1 is 1.52 bits per heavy atom. The van der Waals surface area contributed by atoms with Crippen molar-refractivity contribution in [3.05, 3.63) is 28.2 Å². The largest absolute Gasteiger partial charge is 0.478 e. The first-order valence-corrected chi connectivity index (χ1v) is 8.40. The normalized spacial score (nSPS) is 12.9. The molecule has 0 saturated heterocycles. The van der Waals surface area contributed by atoms with E-state index in [-0.39, 0.29) is 28.0 Å². The number of hydrogen-bond donors (Lipinski definition) is 1. The average molecular weight is 375 g/mol. The Morgan fingerprint density at radius 3 is 2.57 bits per heavy atom. The molecular formula is C13H15BrN2O4S. The van der Waals surface area contributed by atoms with Crippen LogP contribution in [0.3, 0.4) is 0 Å². The third kappa shape index (κ3) is 4.03. The number of sulfonamides is 1. The van der Waals surface area contributed by atoms with Crippen molar-refractivity contribution < 1.29 is 18.3 Å². The number of carboxylic acid groups (broad SMARTS) is 1. The minimum absolute atomic E-state index is 0.00531. The fraction of sp³-hybridized carbons (Fsp3) is 0.385. The first-order valence-electron chi connectivity index (χ1n) is 6.16. The molecule has 1 rings (SSSR count). The second-order valence-electron chi connectivity index (χ2n) is 4.44. The molecule has 1 aromatic carbocycles. The van der Waals surface area contributed by atoms with Crippen LogP contribution in [-0.4, -0.2) is 36.9 Å². The second kappa shape index (κ2) is 7.02. The molecule has 1 aromatic rings. The van der Waals surface area contributed by atoms with E-state index in [1.165, 1.54) is 22.5 Å². The number of halogens is 1. The number of rotatable bonds is 6. The van der Waals surface area contributed by atoms with E-state index in [2.05, 4.69) is 15.9 Å². The quantitative estimate of drug-likeness (QED) is 0.823. The maximum atomic E-state index is 12.6. The smallest absolute Gasteiger partial charge is 0.335 e. The number of aromatic carboxylic acids is 1. The van der Waals surface area contributed by atoms with Crippen molar-refractivity contribution in [2.24, 2.45) is 5.92 Å². The van der Waals surface area contributed by atoms with Crippen LogP contribution in [0.4, 0.5) is 0 Å². The van der Waals surface area contributed by atoms with Crippen molar-refractivity contribution in [1.82, 2.24) is 4.31 Å². The summed E-state index contributed by atoms with van der Waals surface area (Å²) in [4.78, 5) is 10.9. The van der Waals surface area contributed by atoms with Gasteiger partial charge in [0.25, 0.3) is 0 Å². The maximum Gasteiger partial charge on any atom is 0.335 e. The Kier molecular flexibility index (Phi) is 5.89. The zero-order chi connectivity index (χ0) is 16.2. The first kappa shape index (κ1) is 17.6. The molecule has 0 aliphatic heterocycles. The molecule has 1 N–H and O–H groups in total. The number of carboxylic acids is 1. The van der Waals surface area contributed by atoms with Gasteiger partial charge in [-0.05, 0) is 41.1 Å². The molecule has 0 spiro atoms. The fourth-order valence-electron chi connectivity index (χ4n) is 1.73. The molecule has 0 saturated carbocycles. The minimum atomic E-state index is -3.79. The van der Waals surface area contributed by atoms with Crippen molar-refractivity contribution >= 4 is 31.9 Å². The Hall–Kier alpha value is -1.43. The predicted molar refractivity (Wildman–Crippen MR) is 80.3 cm³/mol. The number of nitrogens with zero attached hydrogens (tertiary/aromatic N) is 2. The zero-order valence-electron chi connectivity index (χ0n) is 11.6. The van der Waals surface area contributed by atoms with Crippen LogP contribution in [0.5, 0.6) is 0 Å². The molecule has 0 radical (unpaired) electrons. The molecule has 8 heteroatoms. The van der Waals surface area contributed by atoms with Crippen LogP contribution in [-0.2, 0) is 10.0 Å². The van der Waals surface area contributed by atoms with Gasteiger partial charge in [-0.3, -0.25) is 0 Å². The summed E-state index contributed by atoms with van der Waals surface area (Å²) in [5.74, 6) is -1.57. The molecule has 0 heterocycles. The number of hydrogen-bond acceptors (Lipinski definition) is 4. The summed E-state index contributed by atoms with van der Waals surface area (Å²) in [6.45, 7) is 3.63. The van der Waals surface area contributed by atoms with Crippen molar-refractivity contribution in [2.75, 3.05) is 13.1 Å². The Bertz CT molecular complexity index is 682. The molecule has 0 aliphatic rings. The van der Waals surface area contributed by atoms with Crippen molar-refractivity contribution in [1.29, 1.82) is 5.26 Å². The summed E-state index contributed by atoms with van der Waals surface area (Å²) in [6, 6.07) is 5.73. The number of nitriles is 1. The fourth-order valence-corrected chi connectivity index (χ4v) is 4.30. The molecule has 1 atom stereocenters. The summed E-state index contributed by atoms with van der Waals surface area (Å²) >= 11 is 3.10. The molecule has 0 fully saturated rings. The third-order valence-electron chi connectivity index (χ3n) is 2.85. The predicted octanol–water partition coefficient (Wildman–Crippen LogP) is 2.32. The lowest BCUT2D eigenvalue weighted by atomic mass is 10.2. The van der Waals surface area contributed by atoms with Gasteiger partial charge in [0.2, 0.25) is 10.0 Å². The van der Waals surface area contributed by atoms with Crippen LogP contribution in [0.25, 0.3) is 0 Å². The highest BCUT2D eigenvalue weighted by Crippen LogP contribution is 2.26. The van der Waals surface area contributed by atoms with Crippen LogP contribution in [0.15, 0.2) is 27.6 Å². The van der Waals surface area contributed by atoms with E-state index in [1.807, 2.05) is 6.07 Å². The summed E-state index contributed by atoms with van der Waals surface area (Å²) in [6.07, 6.45) is 0. The molecule has 114 valence electrons. The van der Waals surface area contributed by atoms with Crippen LogP contribution < -0.4 is 0 Å². The van der Waals surface area contributed by atoms with Gasteiger partial charge < -0.3 is 5.11 Å².